The number of piperidine rings is 1. The third-order valence-corrected chi connectivity index (χ3v) is 3.62. The highest BCUT2D eigenvalue weighted by Crippen LogP contribution is 2.18. The first-order valence-corrected chi connectivity index (χ1v) is 6.31. The van der Waals surface area contributed by atoms with Crippen LogP contribution in [0.1, 0.15) is 18.7 Å². The van der Waals surface area contributed by atoms with Crippen molar-refractivity contribution in [1.82, 2.24) is 19.9 Å². The molecular weight excluding hydrogens is 212 g/mol. The molecule has 1 N–H and O–H groups in total. The highest BCUT2D eigenvalue weighted by atomic mass is 15.1. The van der Waals surface area contributed by atoms with Crippen LogP contribution in [0.5, 0.6) is 0 Å². The van der Waals surface area contributed by atoms with Crippen LogP contribution < -0.4 is 5.32 Å². The normalized spacial score (nSPS) is 20.9. The third-order valence-electron chi connectivity index (χ3n) is 3.62. The summed E-state index contributed by atoms with van der Waals surface area (Å²) in [6.45, 7) is 2.29. The van der Waals surface area contributed by atoms with Crippen LogP contribution in [0, 0.1) is 5.92 Å². The van der Waals surface area contributed by atoms with E-state index in [1.807, 2.05) is 6.07 Å². The highest BCUT2D eigenvalue weighted by molar-refractivity contribution is 5.71. The molecule has 3 heterocycles. The molecule has 1 saturated heterocycles. The molecule has 4 nitrogen and oxygen atoms in total. The Kier molecular flexibility index (Phi) is 2.81. The molecule has 1 aliphatic heterocycles. The average molecular weight is 230 g/mol. The van der Waals surface area contributed by atoms with Crippen molar-refractivity contribution in [2.24, 2.45) is 13.0 Å². The largest absolute Gasteiger partial charge is 0.330 e. The predicted molar refractivity (Wildman–Crippen MR) is 67.8 cm³/mol. The Morgan fingerprint density at radius 2 is 2.47 bits per heavy atom. The van der Waals surface area contributed by atoms with Gasteiger partial charge in [-0.15, -0.1) is 0 Å². The molecule has 1 unspecified atom stereocenters. The highest BCUT2D eigenvalue weighted by Gasteiger charge is 2.17. The van der Waals surface area contributed by atoms with Crippen LogP contribution in [0.3, 0.4) is 0 Å². The van der Waals surface area contributed by atoms with E-state index >= 15 is 0 Å². The molecule has 0 saturated carbocycles. The van der Waals surface area contributed by atoms with E-state index in [0.29, 0.717) is 0 Å². The summed E-state index contributed by atoms with van der Waals surface area (Å²) in [7, 11) is 2.09. The summed E-state index contributed by atoms with van der Waals surface area (Å²) < 4.78 is 2.18. The minimum Gasteiger partial charge on any atom is -0.330 e. The lowest BCUT2D eigenvalue weighted by molar-refractivity contribution is 0.368. The molecule has 0 spiro atoms. The van der Waals surface area contributed by atoms with E-state index in [9.17, 15) is 0 Å². The topological polar surface area (TPSA) is 42.7 Å². The number of aromatic nitrogens is 3. The lowest BCUT2D eigenvalue weighted by Gasteiger charge is -2.22. The van der Waals surface area contributed by atoms with E-state index in [4.69, 9.17) is 0 Å². The van der Waals surface area contributed by atoms with Crippen molar-refractivity contribution in [2.75, 3.05) is 13.1 Å². The van der Waals surface area contributed by atoms with Gasteiger partial charge in [0.1, 0.15) is 5.82 Å². The number of nitrogens with zero attached hydrogens (tertiary/aromatic N) is 3. The second-order valence-electron chi connectivity index (χ2n) is 4.85. The molecule has 17 heavy (non-hydrogen) atoms. The molecule has 3 rings (SSSR count). The SMILES string of the molecule is Cn1c(CC2CCCNC2)nc2ncccc21. The van der Waals surface area contributed by atoms with Crippen molar-refractivity contribution in [2.45, 2.75) is 19.3 Å². The fourth-order valence-corrected chi connectivity index (χ4v) is 2.61. The number of nitrogens with one attached hydrogen (secondary N) is 1. The summed E-state index contributed by atoms with van der Waals surface area (Å²) >= 11 is 0. The van der Waals surface area contributed by atoms with E-state index in [2.05, 4.69) is 33.0 Å². The van der Waals surface area contributed by atoms with Crippen LogP contribution in [-0.2, 0) is 13.5 Å². The molecule has 0 aromatic carbocycles. The molecule has 4 heteroatoms. The molecule has 1 fully saturated rings. The van der Waals surface area contributed by atoms with Crippen molar-refractivity contribution >= 4 is 11.2 Å². The Balaban J connectivity index is 1.87. The Morgan fingerprint density at radius 1 is 1.53 bits per heavy atom. The van der Waals surface area contributed by atoms with Gasteiger partial charge in [-0.05, 0) is 44.0 Å². The second kappa shape index (κ2) is 4.45. The van der Waals surface area contributed by atoms with E-state index in [1.54, 1.807) is 6.20 Å². The zero-order chi connectivity index (χ0) is 11.7. The molecule has 0 amide bonds. The number of rotatable bonds is 2. The number of fused-ring (bicyclic) bond motifs is 1. The first kappa shape index (κ1) is 10.7. The van der Waals surface area contributed by atoms with Crippen LogP contribution in [0.4, 0.5) is 0 Å². The van der Waals surface area contributed by atoms with Gasteiger partial charge in [0.15, 0.2) is 5.65 Å². The zero-order valence-corrected chi connectivity index (χ0v) is 10.2. The Morgan fingerprint density at radius 3 is 3.24 bits per heavy atom. The number of pyridine rings is 1. The predicted octanol–water partition coefficient (Wildman–Crippen LogP) is 1.51. The maximum absolute atomic E-state index is 4.63. The van der Waals surface area contributed by atoms with Gasteiger partial charge in [0, 0.05) is 19.7 Å². The van der Waals surface area contributed by atoms with Crippen LogP contribution in [0.2, 0.25) is 0 Å². The number of imidazole rings is 1. The maximum atomic E-state index is 4.63. The van der Waals surface area contributed by atoms with E-state index in [0.717, 1.165) is 35.9 Å². The molecular formula is C13H18N4. The summed E-state index contributed by atoms with van der Waals surface area (Å²) in [5.41, 5.74) is 2.00. The minimum absolute atomic E-state index is 0.722. The van der Waals surface area contributed by atoms with Crippen molar-refractivity contribution in [1.29, 1.82) is 0 Å². The Labute approximate surface area is 101 Å². The number of hydrogen-bond acceptors (Lipinski definition) is 3. The quantitative estimate of drug-likeness (QED) is 0.850. The molecule has 0 radical (unpaired) electrons. The molecule has 1 atom stereocenters. The lowest BCUT2D eigenvalue weighted by atomic mass is 9.96. The Hall–Kier alpha value is -1.42. The minimum atomic E-state index is 0.722. The van der Waals surface area contributed by atoms with E-state index < -0.39 is 0 Å². The van der Waals surface area contributed by atoms with Gasteiger partial charge >= 0.3 is 0 Å². The summed E-state index contributed by atoms with van der Waals surface area (Å²) in [4.78, 5) is 8.94. The van der Waals surface area contributed by atoms with Crippen LogP contribution in [0.25, 0.3) is 11.2 Å². The van der Waals surface area contributed by atoms with Crippen molar-refractivity contribution in [3.63, 3.8) is 0 Å². The molecule has 0 bridgehead atoms. The molecule has 90 valence electrons. The van der Waals surface area contributed by atoms with Gasteiger partial charge in [0.05, 0.1) is 5.52 Å². The van der Waals surface area contributed by atoms with Crippen molar-refractivity contribution in [3.8, 4) is 0 Å². The van der Waals surface area contributed by atoms with Gasteiger partial charge in [-0.25, -0.2) is 9.97 Å². The maximum Gasteiger partial charge on any atom is 0.177 e. The van der Waals surface area contributed by atoms with E-state index in [1.165, 1.54) is 19.4 Å². The standard InChI is InChI=1S/C13H18N4/c1-17-11-5-3-7-15-13(11)16-12(17)8-10-4-2-6-14-9-10/h3,5,7,10,14H,2,4,6,8-9H2,1H3. The molecule has 2 aromatic rings. The van der Waals surface area contributed by atoms with Crippen molar-refractivity contribution in [3.05, 3.63) is 24.2 Å². The summed E-state index contributed by atoms with van der Waals surface area (Å²) in [6, 6.07) is 4.05. The second-order valence-corrected chi connectivity index (χ2v) is 4.85. The smallest absolute Gasteiger partial charge is 0.177 e. The van der Waals surface area contributed by atoms with Gasteiger partial charge in [-0.2, -0.15) is 0 Å². The molecule has 2 aromatic heterocycles. The summed E-state index contributed by atoms with van der Waals surface area (Å²) in [5, 5.41) is 3.46. The molecule has 0 aliphatic carbocycles. The van der Waals surface area contributed by atoms with Gasteiger partial charge in [-0.3, -0.25) is 0 Å². The Bertz CT molecular complexity index is 511. The van der Waals surface area contributed by atoms with Crippen LogP contribution >= 0.6 is 0 Å². The van der Waals surface area contributed by atoms with Crippen LogP contribution in [0.15, 0.2) is 18.3 Å². The fourth-order valence-electron chi connectivity index (χ4n) is 2.61. The van der Waals surface area contributed by atoms with Gasteiger partial charge in [-0.1, -0.05) is 0 Å². The lowest BCUT2D eigenvalue weighted by Crippen LogP contribution is -2.31. The molecule has 1 aliphatic rings. The summed E-state index contributed by atoms with van der Waals surface area (Å²) in [6.07, 6.45) is 5.46. The van der Waals surface area contributed by atoms with Crippen molar-refractivity contribution < 1.29 is 0 Å². The van der Waals surface area contributed by atoms with E-state index in [-0.39, 0.29) is 0 Å². The first-order valence-electron chi connectivity index (χ1n) is 6.31. The average Bonchev–Trinajstić information content (AvgIpc) is 2.68. The number of aryl methyl sites for hydroxylation is 1. The summed E-state index contributed by atoms with van der Waals surface area (Å²) in [5.74, 6) is 1.88. The monoisotopic (exact) mass is 230 g/mol. The fraction of sp³-hybridized carbons (Fsp3) is 0.538. The first-order chi connectivity index (χ1) is 8.34. The van der Waals surface area contributed by atoms with Gasteiger partial charge < -0.3 is 9.88 Å². The third kappa shape index (κ3) is 2.05. The zero-order valence-electron chi connectivity index (χ0n) is 10.2. The van der Waals surface area contributed by atoms with Gasteiger partial charge in [0.25, 0.3) is 0 Å². The van der Waals surface area contributed by atoms with Gasteiger partial charge in [0.2, 0.25) is 0 Å². The number of hydrogen-bond donors (Lipinski definition) is 1. The van der Waals surface area contributed by atoms with Crippen LogP contribution in [-0.4, -0.2) is 27.6 Å².